The number of halogens is 1. The molecular formula is C16H25ClN4O2. The van der Waals surface area contributed by atoms with Gasteiger partial charge in [-0.3, -0.25) is 9.89 Å². The Hall–Kier alpha value is -1.11. The molecule has 3 atom stereocenters. The van der Waals surface area contributed by atoms with Crippen molar-refractivity contribution >= 4 is 24.1 Å². The lowest BCUT2D eigenvalue weighted by Gasteiger charge is -2.31. The second-order valence-corrected chi connectivity index (χ2v) is 7.21. The number of carbonyl (C=O) groups excluding carboxylic acids is 1. The number of hydrogen-bond donors (Lipinski definition) is 3. The lowest BCUT2D eigenvalue weighted by atomic mass is 9.86. The molecule has 128 valence electrons. The van der Waals surface area contributed by atoms with Crippen molar-refractivity contribution in [1.82, 2.24) is 10.2 Å². The standard InChI is InChI=1S/C16H24N4O2.ClH/c17-16(3-5-22-6-4-16)15(21)18-14-9-13(19-20-14)12-8-10-1-2-11(12)7-10;/h9-12H,1-8,17H2,(H2,18,19,20,21);1H. The summed E-state index contributed by atoms with van der Waals surface area (Å²) < 4.78 is 5.28. The number of nitrogens with one attached hydrogen (secondary N) is 2. The van der Waals surface area contributed by atoms with Crippen LogP contribution in [-0.4, -0.2) is 34.9 Å². The minimum atomic E-state index is -0.830. The van der Waals surface area contributed by atoms with E-state index in [1.807, 2.05) is 6.07 Å². The molecule has 3 unspecified atom stereocenters. The van der Waals surface area contributed by atoms with Gasteiger partial charge in [-0.15, -0.1) is 12.4 Å². The first-order valence-corrected chi connectivity index (χ1v) is 8.37. The third-order valence-corrected chi connectivity index (χ3v) is 5.81. The van der Waals surface area contributed by atoms with Crippen molar-refractivity contribution in [3.05, 3.63) is 11.8 Å². The van der Waals surface area contributed by atoms with E-state index < -0.39 is 5.54 Å². The molecule has 2 aliphatic carbocycles. The highest BCUT2D eigenvalue weighted by molar-refractivity contribution is 5.97. The Balaban J connectivity index is 0.00000156. The highest BCUT2D eigenvalue weighted by atomic mass is 35.5. The molecule has 7 heteroatoms. The third-order valence-electron chi connectivity index (χ3n) is 5.81. The van der Waals surface area contributed by atoms with Gasteiger partial charge in [-0.2, -0.15) is 5.10 Å². The molecule has 2 heterocycles. The van der Waals surface area contributed by atoms with E-state index in [0.29, 0.717) is 37.8 Å². The summed E-state index contributed by atoms with van der Waals surface area (Å²) in [6, 6.07) is 1.99. The monoisotopic (exact) mass is 340 g/mol. The predicted molar refractivity (Wildman–Crippen MR) is 89.6 cm³/mol. The first-order valence-electron chi connectivity index (χ1n) is 8.37. The van der Waals surface area contributed by atoms with Gasteiger partial charge >= 0.3 is 0 Å². The van der Waals surface area contributed by atoms with Crippen molar-refractivity contribution < 1.29 is 9.53 Å². The van der Waals surface area contributed by atoms with Crippen molar-refractivity contribution in [2.75, 3.05) is 18.5 Å². The molecule has 2 bridgehead atoms. The predicted octanol–water partition coefficient (Wildman–Crippen LogP) is 2.18. The van der Waals surface area contributed by atoms with E-state index in [1.165, 1.54) is 31.4 Å². The molecule has 1 aliphatic heterocycles. The average molecular weight is 341 g/mol. The molecule has 1 saturated heterocycles. The summed E-state index contributed by atoms with van der Waals surface area (Å²) >= 11 is 0. The summed E-state index contributed by atoms with van der Waals surface area (Å²) in [5, 5.41) is 10.3. The van der Waals surface area contributed by atoms with Gasteiger partial charge < -0.3 is 15.8 Å². The van der Waals surface area contributed by atoms with Crippen molar-refractivity contribution in [2.45, 2.75) is 50.0 Å². The van der Waals surface area contributed by atoms with E-state index in [9.17, 15) is 4.79 Å². The number of ether oxygens (including phenoxy) is 1. The fourth-order valence-electron chi connectivity index (χ4n) is 4.42. The van der Waals surface area contributed by atoms with Crippen LogP contribution in [-0.2, 0) is 9.53 Å². The molecule has 4 rings (SSSR count). The van der Waals surface area contributed by atoms with Gasteiger partial charge in [0.15, 0.2) is 5.82 Å². The molecule has 1 aromatic rings. The third kappa shape index (κ3) is 3.12. The van der Waals surface area contributed by atoms with Crippen molar-refractivity contribution in [3.63, 3.8) is 0 Å². The SMILES string of the molecule is Cl.NC1(C(=O)Nc2cc(C3CC4CCC3C4)[nH]n2)CCOCC1. The zero-order valence-electron chi connectivity index (χ0n) is 13.2. The zero-order chi connectivity index (χ0) is 15.2. The fraction of sp³-hybridized carbons (Fsp3) is 0.750. The molecule has 4 N–H and O–H groups in total. The Morgan fingerprint density at radius 3 is 2.78 bits per heavy atom. The largest absolute Gasteiger partial charge is 0.381 e. The topological polar surface area (TPSA) is 93.0 Å². The number of carbonyl (C=O) groups is 1. The Labute approximate surface area is 142 Å². The van der Waals surface area contributed by atoms with E-state index in [1.54, 1.807) is 0 Å². The van der Waals surface area contributed by atoms with Gasteiger partial charge in [0, 0.05) is 30.9 Å². The van der Waals surface area contributed by atoms with Gasteiger partial charge in [0.05, 0.1) is 0 Å². The minimum absolute atomic E-state index is 0. The smallest absolute Gasteiger partial charge is 0.245 e. The molecule has 0 radical (unpaired) electrons. The summed E-state index contributed by atoms with van der Waals surface area (Å²) in [7, 11) is 0. The number of aromatic nitrogens is 2. The number of amides is 1. The van der Waals surface area contributed by atoms with E-state index in [-0.39, 0.29) is 18.3 Å². The first kappa shape index (κ1) is 16.7. The summed E-state index contributed by atoms with van der Waals surface area (Å²) in [6.45, 7) is 1.09. The Morgan fingerprint density at radius 1 is 1.35 bits per heavy atom. The summed E-state index contributed by atoms with van der Waals surface area (Å²) in [5.74, 6) is 2.73. The van der Waals surface area contributed by atoms with E-state index in [4.69, 9.17) is 10.5 Å². The van der Waals surface area contributed by atoms with Crippen LogP contribution in [0.5, 0.6) is 0 Å². The molecule has 1 aromatic heterocycles. The number of nitrogens with zero attached hydrogens (tertiary/aromatic N) is 1. The normalized spacial score (nSPS) is 31.6. The maximum atomic E-state index is 12.4. The molecular weight excluding hydrogens is 316 g/mol. The maximum absolute atomic E-state index is 12.4. The van der Waals surface area contributed by atoms with Crippen molar-refractivity contribution in [3.8, 4) is 0 Å². The molecule has 2 saturated carbocycles. The highest BCUT2D eigenvalue weighted by Crippen LogP contribution is 2.52. The minimum Gasteiger partial charge on any atom is -0.381 e. The first-order chi connectivity index (χ1) is 10.6. The number of nitrogens with two attached hydrogens (primary N) is 1. The number of anilines is 1. The number of aromatic amines is 1. The second-order valence-electron chi connectivity index (χ2n) is 7.21. The van der Waals surface area contributed by atoms with Crippen LogP contribution < -0.4 is 11.1 Å². The van der Waals surface area contributed by atoms with Crippen LogP contribution in [0.3, 0.4) is 0 Å². The number of rotatable bonds is 3. The fourth-order valence-corrected chi connectivity index (χ4v) is 4.42. The molecule has 0 spiro atoms. The van der Waals surface area contributed by atoms with Gasteiger partial charge in [-0.25, -0.2) is 0 Å². The van der Waals surface area contributed by atoms with Crippen molar-refractivity contribution in [2.24, 2.45) is 17.6 Å². The van der Waals surface area contributed by atoms with Crippen molar-refractivity contribution in [1.29, 1.82) is 0 Å². The quantitative estimate of drug-likeness (QED) is 0.786. The Bertz CT molecular complexity index is 570. The number of H-pyrrole nitrogens is 1. The summed E-state index contributed by atoms with van der Waals surface area (Å²) in [4.78, 5) is 12.4. The van der Waals surface area contributed by atoms with E-state index >= 15 is 0 Å². The lowest BCUT2D eigenvalue weighted by Crippen LogP contribution is -2.54. The van der Waals surface area contributed by atoms with E-state index in [0.717, 1.165) is 11.8 Å². The molecule has 3 aliphatic rings. The van der Waals surface area contributed by atoms with Crippen LogP contribution in [0, 0.1) is 11.8 Å². The van der Waals surface area contributed by atoms with Crippen LogP contribution in [0.1, 0.15) is 50.1 Å². The number of fused-ring (bicyclic) bond motifs is 2. The highest BCUT2D eigenvalue weighted by Gasteiger charge is 2.41. The van der Waals surface area contributed by atoms with Crippen LogP contribution in [0.4, 0.5) is 5.82 Å². The lowest BCUT2D eigenvalue weighted by molar-refractivity contribution is -0.124. The summed E-state index contributed by atoms with van der Waals surface area (Å²) in [6.07, 6.45) is 6.46. The molecule has 1 amide bonds. The van der Waals surface area contributed by atoms with Crippen LogP contribution in [0.2, 0.25) is 0 Å². The molecule has 23 heavy (non-hydrogen) atoms. The van der Waals surface area contributed by atoms with Gasteiger partial charge in [0.1, 0.15) is 5.54 Å². The van der Waals surface area contributed by atoms with Crippen LogP contribution in [0.15, 0.2) is 6.07 Å². The Kier molecular flexibility index (Phi) is 4.67. The van der Waals surface area contributed by atoms with Gasteiger partial charge in [-0.1, -0.05) is 6.42 Å². The zero-order valence-corrected chi connectivity index (χ0v) is 14.0. The average Bonchev–Trinajstić information content (AvgIpc) is 3.24. The maximum Gasteiger partial charge on any atom is 0.245 e. The van der Waals surface area contributed by atoms with E-state index in [2.05, 4.69) is 15.5 Å². The molecule has 0 aromatic carbocycles. The Morgan fingerprint density at radius 2 is 2.13 bits per heavy atom. The molecule has 6 nitrogen and oxygen atoms in total. The van der Waals surface area contributed by atoms with Gasteiger partial charge in [-0.05, 0) is 43.9 Å². The van der Waals surface area contributed by atoms with Gasteiger partial charge in [0.2, 0.25) is 5.91 Å². The number of hydrogen-bond acceptors (Lipinski definition) is 4. The summed E-state index contributed by atoms with van der Waals surface area (Å²) in [5.41, 5.74) is 6.54. The van der Waals surface area contributed by atoms with Crippen LogP contribution >= 0.6 is 12.4 Å². The second kappa shape index (κ2) is 6.42. The molecule has 3 fully saturated rings. The van der Waals surface area contributed by atoms with Gasteiger partial charge in [0.25, 0.3) is 0 Å². The van der Waals surface area contributed by atoms with Crippen LogP contribution in [0.25, 0.3) is 0 Å².